The Kier molecular flexibility index (Phi) is 2.91. The number of rotatable bonds is 2. The third-order valence-corrected chi connectivity index (χ3v) is 4.77. The fourth-order valence-corrected chi connectivity index (χ4v) is 3.82. The Bertz CT molecular complexity index is 394. The molecule has 1 saturated heterocycles. The highest BCUT2D eigenvalue weighted by Gasteiger charge is 2.42. The molecule has 2 atom stereocenters. The lowest BCUT2D eigenvalue weighted by Gasteiger charge is -2.40. The largest absolute Gasteiger partial charge is 0.311 e. The van der Waals surface area contributed by atoms with Gasteiger partial charge in [-0.2, -0.15) is 0 Å². The third-order valence-electron chi connectivity index (χ3n) is 4.77. The molecule has 2 nitrogen and oxygen atoms in total. The summed E-state index contributed by atoms with van der Waals surface area (Å²) >= 11 is 0. The van der Waals surface area contributed by atoms with Crippen LogP contribution in [0.5, 0.6) is 0 Å². The van der Waals surface area contributed by atoms with E-state index in [9.17, 15) is 0 Å². The first-order valence-electron chi connectivity index (χ1n) is 7.04. The maximum absolute atomic E-state index is 4.70. The first-order valence-corrected chi connectivity index (χ1v) is 7.04. The summed E-state index contributed by atoms with van der Waals surface area (Å²) in [6, 6.07) is 4.36. The summed E-state index contributed by atoms with van der Waals surface area (Å²) in [7, 11) is 0. The van der Waals surface area contributed by atoms with E-state index in [1.807, 2.05) is 6.20 Å². The van der Waals surface area contributed by atoms with E-state index in [1.54, 1.807) is 0 Å². The van der Waals surface area contributed by atoms with Crippen LogP contribution in [0.3, 0.4) is 0 Å². The zero-order valence-electron chi connectivity index (χ0n) is 10.7. The maximum atomic E-state index is 4.70. The number of aryl methyl sites for hydroxylation is 1. The van der Waals surface area contributed by atoms with Crippen LogP contribution in [-0.2, 0) is 6.42 Å². The Morgan fingerprint density at radius 2 is 2.41 bits per heavy atom. The van der Waals surface area contributed by atoms with Crippen molar-refractivity contribution in [2.45, 2.75) is 56.9 Å². The quantitative estimate of drug-likeness (QED) is 0.844. The molecule has 17 heavy (non-hydrogen) atoms. The number of nitrogens with zero attached hydrogens (tertiary/aromatic N) is 1. The summed E-state index contributed by atoms with van der Waals surface area (Å²) in [4.78, 5) is 4.70. The molecule has 2 heteroatoms. The smallest absolute Gasteiger partial charge is 0.0484 e. The Hall–Kier alpha value is -0.890. The highest BCUT2D eigenvalue weighted by atomic mass is 15.0. The Morgan fingerprint density at radius 1 is 1.47 bits per heavy atom. The lowest BCUT2D eigenvalue weighted by atomic mass is 9.71. The van der Waals surface area contributed by atoms with E-state index >= 15 is 0 Å². The van der Waals surface area contributed by atoms with Crippen molar-refractivity contribution in [3.8, 4) is 0 Å². The molecule has 1 fully saturated rings. The molecule has 1 aliphatic heterocycles. The van der Waals surface area contributed by atoms with Gasteiger partial charge in [-0.1, -0.05) is 13.0 Å². The van der Waals surface area contributed by atoms with Gasteiger partial charge in [-0.25, -0.2) is 0 Å². The van der Waals surface area contributed by atoms with E-state index in [1.165, 1.54) is 56.3 Å². The molecule has 3 rings (SSSR count). The van der Waals surface area contributed by atoms with Crippen LogP contribution in [0.25, 0.3) is 0 Å². The molecule has 92 valence electrons. The predicted octanol–water partition coefficient (Wildman–Crippen LogP) is 3.03. The maximum Gasteiger partial charge on any atom is 0.0484 e. The molecule has 0 spiro atoms. The summed E-state index contributed by atoms with van der Waals surface area (Å²) in [5.74, 6) is 0.639. The minimum absolute atomic E-state index is 0.337. The van der Waals surface area contributed by atoms with Crippen LogP contribution in [0.1, 0.15) is 56.2 Å². The Labute approximate surface area is 104 Å². The minimum atomic E-state index is 0.337. The Balaban J connectivity index is 1.99. The van der Waals surface area contributed by atoms with Crippen LogP contribution in [0.15, 0.2) is 18.3 Å². The van der Waals surface area contributed by atoms with E-state index in [2.05, 4.69) is 24.4 Å². The third kappa shape index (κ3) is 1.79. The molecule has 0 bridgehead atoms. The second kappa shape index (κ2) is 4.41. The van der Waals surface area contributed by atoms with Gasteiger partial charge in [-0.05, 0) is 56.7 Å². The molecule has 1 aliphatic carbocycles. The lowest BCUT2D eigenvalue weighted by molar-refractivity contribution is 0.264. The van der Waals surface area contributed by atoms with Crippen LogP contribution in [0.2, 0.25) is 0 Å². The number of hydrogen-bond acceptors (Lipinski definition) is 2. The van der Waals surface area contributed by atoms with Crippen molar-refractivity contribution in [1.29, 1.82) is 0 Å². The van der Waals surface area contributed by atoms with Crippen molar-refractivity contribution in [1.82, 2.24) is 10.3 Å². The fraction of sp³-hybridized carbons (Fsp3) is 0.667. The second-order valence-electron chi connectivity index (χ2n) is 5.53. The van der Waals surface area contributed by atoms with Gasteiger partial charge in [0.1, 0.15) is 0 Å². The van der Waals surface area contributed by atoms with Crippen LogP contribution < -0.4 is 5.32 Å². The standard InChI is InChI=1S/C15H22N2/c1-2-15(9-5-11-17-15)13-8-3-6-12-7-4-10-16-14(12)13/h4,7,10,13,17H,2-3,5-6,8-9,11H2,1H3. The SMILES string of the molecule is CCC1(C2CCCc3cccnc32)CCCN1. The molecule has 0 saturated carbocycles. The van der Waals surface area contributed by atoms with E-state index in [0.717, 1.165) is 0 Å². The molecule has 2 unspecified atom stereocenters. The molecule has 1 aromatic heterocycles. The molecule has 0 radical (unpaired) electrons. The van der Waals surface area contributed by atoms with E-state index in [4.69, 9.17) is 4.98 Å². The number of fused-ring (bicyclic) bond motifs is 1. The number of pyridine rings is 1. The Morgan fingerprint density at radius 3 is 3.18 bits per heavy atom. The topological polar surface area (TPSA) is 24.9 Å². The molecular weight excluding hydrogens is 208 g/mol. The van der Waals surface area contributed by atoms with Gasteiger partial charge in [0.15, 0.2) is 0 Å². The normalized spacial score (nSPS) is 32.4. The highest BCUT2D eigenvalue weighted by Crippen LogP contribution is 2.43. The summed E-state index contributed by atoms with van der Waals surface area (Å²) in [5.41, 5.74) is 3.21. The molecule has 2 heterocycles. The van der Waals surface area contributed by atoms with Crippen LogP contribution in [0.4, 0.5) is 0 Å². The lowest BCUT2D eigenvalue weighted by Crippen LogP contribution is -2.46. The summed E-state index contributed by atoms with van der Waals surface area (Å²) in [6.45, 7) is 3.52. The summed E-state index contributed by atoms with van der Waals surface area (Å²) in [5, 5.41) is 3.79. The average molecular weight is 230 g/mol. The van der Waals surface area contributed by atoms with Gasteiger partial charge >= 0.3 is 0 Å². The van der Waals surface area contributed by atoms with Gasteiger partial charge in [0.05, 0.1) is 0 Å². The van der Waals surface area contributed by atoms with Crippen molar-refractivity contribution in [2.75, 3.05) is 6.54 Å². The van der Waals surface area contributed by atoms with Gasteiger partial charge < -0.3 is 5.32 Å². The van der Waals surface area contributed by atoms with Gasteiger partial charge in [-0.3, -0.25) is 4.98 Å². The zero-order valence-corrected chi connectivity index (χ0v) is 10.7. The first kappa shape index (κ1) is 11.2. The average Bonchev–Trinajstić information content (AvgIpc) is 2.88. The molecule has 0 amide bonds. The first-order chi connectivity index (χ1) is 8.36. The van der Waals surface area contributed by atoms with E-state index < -0.39 is 0 Å². The summed E-state index contributed by atoms with van der Waals surface area (Å²) in [6.07, 6.45) is 9.71. The van der Waals surface area contributed by atoms with E-state index in [0.29, 0.717) is 11.5 Å². The van der Waals surface area contributed by atoms with Crippen LogP contribution in [-0.4, -0.2) is 17.1 Å². The highest BCUT2D eigenvalue weighted by molar-refractivity contribution is 5.30. The molecule has 1 N–H and O–H groups in total. The van der Waals surface area contributed by atoms with Crippen molar-refractivity contribution in [3.05, 3.63) is 29.6 Å². The van der Waals surface area contributed by atoms with Gasteiger partial charge in [0.25, 0.3) is 0 Å². The van der Waals surface area contributed by atoms with Crippen molar-refractivity contribution in [2.24, 2.45) is 0 Å². The molecule has 2 aliphatic rings. The molecular formula is C15H22N2. The monoisotopic (exact) mass is 230 g/mol. The molecule has 0 aromatic carbocycles. The van der Waals surface area contributed by atoms with Crippen molar-refractivity contribution in [3.63, 3.8) is 0 Å². The van der Waals surface area contributed by atoms with Crippen LogP contribution >= 0.6 is 0 Å². The van der Waals surface area contributed by atoms with Crippen molar-refractivity contribution >= 4 is 0 Å². The van der Waals surface area contributed by atoms with E-state index in [-0.39, 0.29) is 0 Å². The minimum Gasteiger partial charge on any atom is -0.311 e. The predicted molar refractivity (Wildman–Crippen MR) is 70.2 cm³/mol. The zero-order chi connectivity index (χ0) is 11.7. The second-order valence-corrected chi connectivity index (χ2v) is 5.53. The van der Waals surface area contributed by atoms with Gasteiger partial charge in [0.2, 0.25) is 0 Å². The fourth-order valence-electron chi connectivity index (χ4n) is 3.82. The number of aromatic nitrogens is 1. The summed E-state index contributed by atoms with van der Waals surface area (Å²) < 4.78 is 0. The number of nitrogens with one attached hydrogen (secondary N) is 1. The number of hydrogen-bond donors (Lipinski definition) is 1. The van der Waals surface area contributed by atoms with Crippen molar-refractivity contribution < 1.29 is 0 Å². The van der Waals surface area contributed by atoms with Gasteiger partial charge in [0, 0.05) is 23.3 Å². The molecule has 1 aromatic rings. The van der Waals surface area contributed by atoms with Gasteiger partial charge in [-0.15, -0.1) is 0 Å². The van der Waals surface area contributed by atoms with Crippen LogP contribution in [0, 0.1) is 0 Å².